The van der Waals surface area contributed by atoms with Gasteiger partial charge in [0, 0.05) is 18.2 Å². The number of rotatable bonds is 2. The Morgan fingerprint density at radius 1 is 1.25 bits per heavy atom. The van der Waals surface area contributed by atoms with Crippen molar-refractivity contribution in [3.8, 4) is 0 Å². The Kier molecular flexibility index (Phi) is 6.49. The van der Waals surface area contributed by atoms with Crippen LogP contribution in [0.25, 0.3) is 0 Å². The van der Waals surface area contributed by atoms with Gasteiger partial charge in [-0.3, -0.25) is 9.59 Å². The zero-order chi connectivity index (χ0) is 15.1. The molecule has 0 unspecified atom stereocenters. The fourth-order valence-electron chi connectivity index (χ4n) is 2.94. The number of hydrogen-bond acceptors (Lipinski definition) is 2. The van der Waals surface area contributed by atoms with E-state index in [0.29, 0.717) is 19.3 Å². The molecule has 1 saturated carbocycles. The van der Waals surface area contributed by atoms with Crippen LogP contribution >= 0.6 is 0 Å². The molecular formula is C16H25NO3. The summed E-state index contributed by atoms with van der Waals surface area (Å²) >= 11 is 0. The largest absolute Gasteiger partial charge is 0.481 e. The average Bonchev–Trinajstić information content (AvgIpc) is 2.81. The van der Waals surface area contributed by atoms with E-state index in [1.165, 1.54) is 0 Å². The molecule has 0 atom stereocenters. The first kappa shape index (κ1) is 16.5. The first-order valence-corrected chi connectivity index (χ1v) is 7.32. The van der Waals surface area contributed by atoms with Crippen LogP contribution in [0.4, 0.5) is 0 Å². The van der Waals surface area contributed by atoms with Crippen molar-refractivity contribution in [1.82, 2.24) is 4.90 Å². The van der Waals surface area contributed by atoms with Crippen LogP contribution in [0.3, 0.4) is 0 Å². The Morgan fingerprint density at radius 2 is 1.80 bits per heavy atom. The summed E-state index contributed by atoms with van der Waals surface area (Å²) in [5.41, 5.74) is 1.12. The van der Waals surface area contributed by atoms with E-state index in [2.05, 4.69) is 6.58 Å². The second kappa shape index (κ2) is 7.88. The third-order valence-corrected chi connectivity index (χ3v) is 3.92. The lowest BCUT2D eigenvalue weighted by Crippen LogP contribution is -2.38. The lowest BCUT2D eigenvalue weighted by Gasteiger charge is -2.34. The molecule has 2 rings (SSSR count). The SMILES string of the molecule is C/C=C1\CCC(=O)N1C1CCC(C(=O)O)CC1.C=CC. The van der Waals surface area contributed by atoms with Gasteiger partial charge >= 0.3 is 5.97 Å². The van der Waals surface area contributed by atoms with Crippen molar-refractivity contribution in [2.75, 3.05) is 0 Å². The van der Waals surface area contributed by atoms with Gasteiger partial charge in [-0.25, -0.2) is 0 Å². The molecule has 0 aromatic heterocycles. The number of aliphatic carboxylic acids is 1. The highest BCUT2D eigenvalue weighted by Gasteiger charge is 2.35. The quantitative estimate of drug-likeness (QED) is 0.789. The molecule has 1 heterocycles. The summed E-state index contributed by atoms with van der Waals surface area (Å²) in [4.78, 5) is 24.6. The third-order valence-electron chi connectivity index (χ3n) is 3.92. The first-order valence-electron chi connectivity index (χ1n) is 7.32. The predicted molar refractivity (Wildman–Crippen MR) is 79.1 cm³/mol. The van der Waals surface area contributed by atoms with Gasteiger partial charge in [0.15, 0.2) is 0 Å². The van der Waals surface area contributed by atoms with E-state index in [-0.39, 0.29) is 17.9 Å². The van der Waals surface area contributed by atoms with E-state index in [0.717, 1.165) is 25.0 Å². The molecule has 2 fully saturated rings. The van der Waals surface area contributed by atoms with E-state index in [4.69, 9.17) is 5.11 Å². The van der Waals surface area contributed by atoms with Crippen molar-refractivity contribution in [2.24, 2.45) is 5.92 Å². The zero-order valence-corrected chi connectivity index (χ0v) is 12.5. The summed E-state index contributed by atoms with van der Waals surface area (Å²) < 4.78 is 0. The van der Waals surface area contributed by atoms with Gasteiger partial charge < -0.3 is 10.0 Å². The molecule has 0 spiro atoms. The van der Waals surface area contributed by atoms with E-state index < -0.39 is 5.97 Å². The fourth-order valence-corrected chi connectivity index (χ4v) is 2.94. The highest BCUT2D eigenvalue weighted by Crippen LogP contribution is 2.34. The summed E-state index contributed by atoms with van der Waals surface area (Å²) in [6, 6.07) is 0.229. The van der Waals surface area contributed by atoms with E-state index in [1.807, 2.05) is 24.8 Å². The number of carbonyl (C=O) groups is 2. The Labute approximate surface area is 121 Å². The molecule has 2 aliphatic rings. The number of hydrogen-bond donors (Lipinski definition) is 1. The van der Waals surface area contributed by atoms with Gasteiger partial charge in [0.25, 0.3) is 0 Å². The van der Waals surface area contributed by atoms with E-state index >= 15 is 0 Å². The summed E-state index contributed by atoms with van der Waals surface area (Å²) in [6.07, 6.45) is 8.24. The molecular weight excluding hydrogens is 254 g/mol. The van der Waals surface area contributed by atoms with Crippen LogP contribution in [-0.2, 0) is 9.59 Å². The van der Waals surface area contributed by atoms with Gasteiger partial charge in [-0.2, -0.15) is 0 Å². The molecule has 1 aliphatic heterocycles. The number of carboxylic acids is 1. The number of amides is 1. The van der Waals surface area contributed by atoms with Crippen molar-refractivity contribution in [2.45, 2.75) is 58.4 Å². The van der Waals surface area contributed by atoms with Crippen molar-refractivity contribution in [1.29, 1.82) is 0 Å². The predicted octanol–water partition coefficient (Wildman–Crippen LogP) is 3.35. The van der Waals surface area contributed by atoms with Crippen LogP contribution in [0.2, 0.25) is 0 Å². The smallest absolute Gasteiger partial charge is 0.306 e. The maximum atomic E-state index is 11.8. The minimum absolute atomic E-state index is 0.205. The molecule has 1 N–H and O–H groups in total. The molecule has 1 saturated heterocycles. The molecule has 0 radical (unpaired) electrons. The van der Waals surface area contributed by atoms with Gasteiger partial charge in [-0.1, -0.05) is 12.2 Å². The molecule has 1 amide bonds. The van der Waals surface area contributed by atoms with Crippen LogP contribution in [0.5, 0.6) is 0 Å². The second-order valence-electron chi connectivity index (χ2n) is 5.30. The van der Waals surface area contributed by atoms with Crippen molar-refractivity contribution < 1.29 is 14.7 Å². The monoisotopic (exact) mass is 279 g/mol. The molecule has 0 aromatic carbocycles. The number of allylic oxidation sites excluding steroid dienone is 3. The van der Waals surface area contributed by atoms with Gasteiger partial charge in [-0.15, -0.1) is 6.58 Å². The Morgan fingerprint density at radius 3 is 2.25 bits per heavy atom. The molecule has 112 valence electrons. The number of nitrogens with zero attached hydrogens (tertiary/aromatic N) is 1. The Hall–Kier alpha value is -1.58. The van der Waals surface area contributed by atoms with Crippen LogP contribution in [0, 0.1) is 5.92 Å². The Balaban J connectivity index is 0.000000612. The normalized spacial score (nSPS) is 28.0. The van der Waals surface area contributed by atoms with Crippen LogP contribution in [0.1, 0.15) is 52.4 Å². The molecule has 20 heavy (non-hydrogen) atoms. The second-order valence-corrected chi connectivity index (χ2v) is 5.30. The topological polar surface area (TPSA) is 57.6 Å². The summed E-state index contributed by atoms with van der Waals surface area (Å²) in [6.45, 7) is 7.21. The minimum atomic E-state index is -0.692. The molecule has 4 nitrogen and oxygen atoms in total. The third kappa shape index (κ3) is 3.95. The number of carboxylic acid groups (broad SMARTS) is 1. The van der Waals surface area contributed by atoms with Gasteiger partial charge in [0.05, 0.1) is 5.92 Å². The molecule has 4 heteroatoms. The average molecular weight is 279 g/mol. The molecule has 0 aromatic rings. The zero-order valence-electron chi connectivity index (χ0n) is 12.5. The highest BCUT2D eigenvalue weighted by molar-refractivity contribution is 5.81. The maximum absolute atomic E-state index is 11.8. The fraction of sp³-hybridized carbons (Fsp3) is 0.625. The Bertz CT molecular complexity index is 393. The molecule has 0 bridgehead atoms. The standard InChI is InChI=1S/C13H19NO3.C3H6/c1-2-10-7-8-12(15)14(10)11-5-3-9(4-6-11)13(16)17;1-3-2/h2,9,11H,3-8H2,1H3,(H,16,17);3H,1H2,2H3/b10-2+;. The van der Waals surface area contributed by atoms with Gasteiger partial charge in [-0.05, 0) is 46.0 Å². The van der Waals surface area contributed by atoms with Crippen LogP contribution < -0.4 is 0 Å². The van der Waals surface area contributed by atoms with Crippen molar-refractivity contribution in [3.63, 3.8) is 0 Å². The minimum Gasteiger partial charge on any atom is -0.481 e. The van der Waals surface area contributed by atoms with Gasteiger partial charge in [0.1, 0.15) is 0 Å². The highest BCUT2D eigenvalue weighted by atomic mass is 16.4. The lowest BCUT2D eigenvalue weighted by molar-refractivity contribution is -0.143. The summed E-state index contributed by atoms with van der Waals surface area (Å²) in [5.74, 6) is -0.697. The summed E-state index contributed by atoms with van der Waals surface area (Å²) in [7, 11) is 0. The van der Waals surface area contributed by atoms with Crippen LogP contribution in [-0.4, -0.2) is 27.9 Å². The number of carbonyl (C=O) groups excluding carboxylic acids is 1. The van der Waals surface area contributed by atoms with Crippen molar-refractivity contribution in [3.05, 3.63) is 24.4 Å². The van der Waals surface area contributed by atoms with E-state index in [1.54, 1.807) is 6.08 Å². The first-order chi connectivity index (χ1) is 9.54. The maximum Gasteiger partial charge on any atom is 0.306 e. The molecule has 1 aliphatic carbocycles. The van der Waals surface area contributed by atoms with Gasteiger partial charge in [0.2, 0.25) is 5.91 Å². The van der Waals surface area contributed by atoms with Crippen LogP contribution in [0.15, 0.2) is 24.4 Å². The van der Waals surface area contributed by atoms with E-state index in [9.17, 15) is 9.59 Å². The number of likely N-dealkylation sites (tertiary alicyclic amines) is 1. The lowest BCUT2D eigenvalue weighted by atomic mass is 9.85. The summed E-state index contributed by atoms with van der Waals surface area (Å²) in [5, 5.41) is 8.95. The van der Waals surface area contributed by atoms with Crippen molar-refractivity contribution >= 4 is 11.9 Å².